The Morgan fingerprint density at radius 2 is 0.609 bits per heavy atom. The minimum atomic E-state index is 0.826. The zero-order valence-corrected chi connectivity index (χ0v) is 38.6. The van der Waals surface area contributed by atoms with Crippen LogP contribution < -0.4 is 19.3 Å². The van der Waals surface area contributed by atoms with Crippen LogP contribution in [-0.4, -0.2) is 14.2 Å². The Bertz CT molecular complexity index is 3910. The first-order chi connectivity index (χ1) is 34.1. The van der Waals surface area contributed by atoms with Gasteiger partial charge < -0.3 is 19.3 Å². The van der Waals surface area contributed by atoms with Gasteiger partial charge in [-0.1, -0.05) is 145 Å². The summed E-state index contributed by atoms with van der Waals surface area (Å²) in [5, 5.41) is 15.0. The summed E-state index contributed by atoms with van der Waals surface area (Å²) in [4.78, 5) is 4.77. The number of hydrogen-bond acceptors (Lipinski definition) is 4. The van der Waals surface area contributed by atoms with E-state index in [0.29, 0.717) is 0 Å². The minimum absolute atomic E-state index is 0.826. The first kappa shape index (κ1) is 40.4. The summed E-state index contributed by atoms with van der Waals surface area (Å²) in [6.07, 6.45) is 0. The predicted octanol–water partition coefficient (Wildman–Crippen LogP) is 18.1. The molecule has 0 saturated heterocycles. The third kappa shape index (κ3) is 6.29. The molecule has 0 unspecified atom stereocenters. The van der Waals surface area contributed by atoms with Gasteiger partial charge in [0.2, 0.25) is 0 Å². The molecule has 13 rings (SSSR count). The lowest BCUT2D eigenvalue weighted by atomic mass is 9.87. The summed E-state index contributed by atoms with van der Waals surface area (Å²) in [7, 11) is 3.44. The zero-order chi connectivity index (χ0) is 46.2. The molecule has 13 aromatic carbocycles. The maximum absolute atomic E-state index is 5.63. The molecule has 0 bridgehead atoms. The van der Waals surface area contributed by atoms with Crippen molar-refractivity contribution >= 4 is 98.8 Å². The number of ether oxygens (including phenoxy) is 2. The molecule has 69 heavy (non-hydrogen) atoms. The molecule has 0 aliphatic rings. The summed E-state index contributed by atoms with van der Waals surface area (Å²) in [5.41, 5.74) is 12.7. The molecule has 4 nitrogen and oxygen atoms in total. The molecule has 0 radical (unpaired) electrons. The highest BCUT2D eigenvalue weighted by Gasteiger charge is 2.30. The van der Waals surface area contributed by atoms with Crippen molar-refractivity contribution in [3.8, 4) is 33.8 Å². The van der Waals surface area contributed by atoms with E-state index in [4.69, 9.17) is 9.47 Å². The lowest BCUT2D eigenvalue weighted by Gasteiger charge is -2.27. The lowest BCUT2D eigenvalue weighted by molar-refractivity contribution is 0.414. The molecule has 0 atom stereocenters. The van der Waals surface area contributed by atoms with E-state index in [1.54, 1.807) is 14.2 Å². The van der Waals surface area contributed by atoms with Crippen molar-refractivity contribution < 1.29 is 9.47 Å². The second-order valence-corrected chi connectivity index (χ2v) is 17.9. The molecular formula is C65H46N2O2. The van der Waals surface area contributed by atoms with Gasteiger partial charge in [-0.3, -0.25) is 0 Å². The van der Waals surface area contributed by atoms with Crippen LogP contribution in [0.4, 0.5) is 34.1 Å². The molecule has 4 heteroatoms. The summed E-state index contributed by atoms with van der Waals surface area (Å²) in [6.45, 7) is 2.14. The SMILES string of the molecule is COc1ccc(N(c2ccccc2)c2ccc3c4c(-c5ccccc5)c5c6cccc7c(N(c8ccc(C)cc8)c8ccc(OC)cc8)ccc(c5c(-c5ccccc5)c4c4cccc2c43)c76)cc1. The zero-order valence-electron chi connectivity index (χ0n) is 38.6. The summed E-state index contributed by atoms with van der Waals surface area (Å²) in [6, 6.07) is 81.7. The summed E-state index contributed by atoms with van der Waals surface area (Å²) < 4.78 is 11.2. The van der Waals surface area contributed by atoms with E-state index in [0.717, 1.165) is 45.6 Å². The van der Waals surface area contributed by atoms with E-state index in [9.17, 15) is 0 Å². The van der Waals surface area contributed by atoms with Crippen LogP contribution in [0, 0.1) is 6.92 Å². The van der Waals surface area contributed by atoms with Gasteiger partial charge in [-0.25, -0.2) is 0 Å². The van der Waals surface area contributed by atoms with Crippen LogP contribution in [0.5, 0.6) is 11.5 Å². The van der Waals surface area contributed by atoms with E-state index in [1.165, 1.54) is 92.5 Å². The molecule has 0 amide bonds. The van der Waals surface area contributed by atoms with E-state index in [-0.39, 0.29) is 0 Å². The minimum Gasteiger partial charge on any atom is -0.497 e. The molecular weight excluding hydrogens is 841 g/mol. The highest BCUT2D eigenvalue weighted by molar-refractivity contribution is 6.47. The van der Waals surface area contributed by atoms with Gasteiger partial charge in [-0.15, -0.1) is 0 Å². The first-order valence-corrected chi connectivity index (χ1v) is 23.6. The Hall–Kier alpha value is -8.86. The lowest BCUT2D eigenvalue weighted by Crippen LogP contribution is -2.10. The molecule has 0 spiro atoms. The highest BCUT2D eigenvalue weighted by atomic mass is 16.5. The van der Waals surface area contributed by atoms with Crippen LogP contribution in [-0.2, 0) is 0 Å². The fourth-order valence-electron chi connectivity index (χ4n) is 11.2. The number of para-hydroxylation sites is 1. The summed E-state index contributed by atoms with van der Waals surface area (Å²) in [5.74, 6) is 1.65. The molecule has 0 aliphatic carbocycles. The first-order valence-electron chi connectivity index (χ1n) is 23.6. The number of fused-ring (bicyclic) bond motifs is 6. The smallest absolute Gasteiger partial charge is 0.119 e. The number of hydrogen-bond donors (Lipinski definition) is 0. The van der Waals surface area contributed by atoms with Crippen LogP contribution in [0.25, 0.3) is 86.9 Å². The van der Waals surface area contributed by atoms with Gasteiger partial charge in [0.25, 0.3) is 0 Å². The average molecular weight is 887 g/mol. The van der Waals surface area contributed by atoms with Crippen molar-refractivity contribution in [1.82, 2.24) is 0 Å². The second kappa shape index (κ2) is 16.2. The number of rotatable bonds is 10. The fraction of sp³-hybridized carbons (Fsp3) is 0.0462. The third-order valence-electron chi connectivity index (χ3n) is 14.2. The number of methoxy groups -OCH3 is 2. The Balaban J connectivity index is 1.18. The summed E-state index contributed by atoms with van der Waals surface area (Å²) >= 11 is 0. The molecule has 0 fully saturated rings. The number of benzene rings is 11. The van der Waals surface area contributed by atoms with Crippen molar-refractivity contribution in [2.75, 3.05) is 24.0 Å². The van der Waals surface area contributed by atoms with Crippen LogP contribution in [0.1, 0.15) is 5.56 Å². The van der Waals surface area contributed by atoms with Crippen LogP contribution in [0.3, 0.4) is 0 Å². The van der Waals surface area contributed by atoms with Gasteiger partial charge in [0.05, 0.1) is 25.6 Å². The van der Waals surface area contributed by atoms with Crippen molar-refractivity contribution in [1.29, 1.82) is 0 Å². The van der Waals surface area contributed by atoms with Crippen LogP contribution >= 0.6 is 0 Å². The maximum atomic E-state index is 5.63. The van der Waals surface area contributed by atoms with Crippen molar-refractivity contribution in [3.63, 3.8) is 0 Å². The van der Waals surface area contributed by atoms with Gasteiger partial charge in [0, 0.05) is 33.5 Å². The molecule has 0 heterocycles. The van der Waals surface area contributed by atoms with E-state index in [2.05, 4.69) is 217 Å². The molecule has 0 N–H and O–H groups in total. The number of anilines is 6. The molecule has 328 valence electrons. The highest BCUT2D eigenvalue weighted by Crippen LogP contribution is 2.57. The van der Waals surface area contributed by atoms with Crippen LogP contribution in [0.2, 0.25) is 0 Å². The molecule has 0 saturated carbocycles. The van der Waals surface area contributed by atoms with E-state index in [1.807, 2.05) is 24.3 Å². The monoisotopic (exact) mass is 886 g/mol. The Morgan fingerprint density at radius 3 is 1.00 bits per heavy atom. The standard InChI is InChI=1S/C65H46N2O2/c1-41-25-27-45(28-26-41)67(47-31-35-49(69-3)36-32-47)57-40-38-55-61-51(57)22-14-24-53(61)63-59(43-17-9-5-10-18-43)64-54-37-39-56(66(44-19-11-6-12-20-44)46-29-33-48(68-2)34-30-46)50-21-13-23-52(60(50)54)62(64)58(65(55)63)42-15-7-4-8-16-42/h4-40H,1-3H3. The van der Waals surface area contributed by atoms with E-state index >= 15 is 0 Å². The Labute approximate surface area is 401 Å². The van der Waals surface area contributed by atoms with Crippen molar-refractivity contribution in [2.45, 2.75) is 6.92 Å². The van der Waals surface area contributed by atoms with Gasteiger partial charge in [0.15, 0.2) is 0 Å². The molecule has 0 aromatic heterocycles. The van der Waals surface area contributed by atoms with Crippen molar-refractivity contribution in [3.05, 3.63) is 230 Å². The number of aryl methyl sites for hydroxylation is 1. The average Bonchev–Trinajstić information content (AvgIpc) is 3.93. The quantitative estimate of drug-likeness (QED) is 0.137. The van der Waals surface area contributed by atoms with E-state index < -0.39 is 0 Å². The topological polar surface area (TPSA) is 24.9 Å². The van der Waals surface area contributed by atoms with Gasteiger partial charge in [-0.2, -0.15) is 0 Å². The fourth-order valence-corrected chi connectivity index (χ4v) is 11.2. The normalized spacial score (nSPS) is 11.7. The Kier molecular flexibility index (Phi) is 9.48. The van der Waals surface area contributed by atoms with Gasteiger partial charge in [0.1, 0.15) is 11.5 Å². The largest absolute Gasteiger partial charge is 0.497 e. The van der Waals surface area contributed by atoms with Gasteiger partial charge in [-0.05, 0) is 168 Å². The maximum Gasteiger partial charge on any atom is 0.119 e. The third-order valence-corrected chi connectivity index (χ3v) is 14.2. The molecule has 0 aliphatic heterocycles. The van der Waals surface area contributed by atoms with Crippen LogP contribution in [0.15, 0.2) is 224 Å². The molecule has 13 aromatic rings. The predicted molar refractivity (Wildman–Crippen MR) is 292 cm³/mol. The van der Waals surface area contributed by atoms with Gasteiger partial charge >= 0.3 is 0 Å². The number of nitrogens with zero attached hydrogens (tertiary/aromatic N) is 2. The Morgan fingerprint density at radius 1 is 0.275 bits per heavy atom. The second-order valence-electron chi connectivity index (χ2n) is 17.9. The van der Waals surface area contributed by atoms with Crippen molar-refractivity contribution in [2.24, 2.45) is 0 Å².